The lowest BCUT2D eigenvalue weighted by atomic mass is 10.1. The van der Waals surface area contributed by atoms with Crippen molar-refractivity contribution in [3.8, 4) is 5.75 Å². The summed E-state index contributed by atoms with van der Waals surface area (Å²) < 4.78 is 10.1. The number of aromatic carboxylic acids is 1. The summed E-state index contributed by atoms with van der Waals surface area (Å²) in [5.41, 5.74) is 0.0722. The van der Waals surface area contributed by atoms with Crippen LogP contribution in [0.1, 0.15) is 31.1 Å². The second kappa shape index (κ2) is 5.85. The van der Waals surface area contributed by atoms with E-state index in [0.29, 0.717) is 11.0 Å². The van der Waals surface area contributed by atoms with Gasteiger partial charge in [0, 0.05) is 17.0 Å². The summed E-state index contributed by atoms with van der Waals surface area (Å²) >= 11 is 0. The molecule has 1 aromatic heterocycles. The summed E-state index contributed by atoms with van der Waals surface area (Å²) in [5.74, 6) is -1.64. The van der Waals surface area contributed by atoms with E-state index in [1.54, 1.807) is 20.8 Å². The van der Waals surface area contributed by atoms with Crippen molar-refractivity contribution in [2.75, 3.05) is 0 Å². The van der Waals surface area contributed by atoms with E-state index < -0.39 is 23.1 Å². The summed E-state index contributed by atoms with van der Waals surface area (Å²) in [7, 11) is 0. The molecule has 0 aliphatic heterocycles. The fourth-order valence-corrected chi connectivity index (χ4v) is 1.69. The molecular formula is C16H14O6. The molecule has 114 valence electrons. The third-order valence-corrected chi connectivity index (χ3v) is 3.20. The Morgan fingerprint density at radius 2 is 1.82 bits per heavy atom. The van der Waals surface area contributed by atoms with E-state index in [1.165, 1.54) is 24.3 Å². The molecule has 6 heteroatoms. The van der Waals surface area contributed by atoms with Gasteiger partial charge in [-0.25, -0.2) is 14.4 Å². The van der Waals surface area contributed by atoms with Gasteiger partial charge in [-0.3, -0.25) is 0 Å². The Balaban J connectivity index is 2.42. The lowest BCUT2D eigenvalue weighted by molar-refractivity contribution is -0.130. The zero-order valence-electron chi connectivity index (χ0n) is 12.3. The largest absolute Gasteiger partial charge is 0.477 e. The quantitative estimate of drug-likeness (QED) is 0.405. The van der Waals surface area contributed by atoms with Gasteiger partial charge >= 0.3 is 17.6 Å². The number of hydrogen-bond donors (Lipinski definition) is 1. The Bertz CT molecular complexity index is 853. The zero-order chi connectivity index (χ0) is 16.4. The van der Waals surface area contributed by atoms with Crippen molar-refractivity contribution in [1.82, 2.24) is 0 Å². The molecule has 6 nitrogen and oxygen atoms in total. The van der Waals surface area contributed by atoms with Crippen LogP contribution in [0.2, 0.25) is 0 Å². The van der Waals surface area contributed by atoms with Crippen LogP contribution in [0.5, 0.6) is 5.75 Å². The summed E-state index contributed by atoms with van der Waals surface area (Å²) in [6.07, 6.45) is 0. The van der Waals surface area contributed by atoms with E-state index in [0.717, 1.165) is 5.57 Å². The molecular weight excluding hydrogens is 288 g/mol. The van der Waals surface area contributed by atoms with Crippen LogP contribution in [0.15, 0.2) is 44.6 Å². The molecule has 0 saturated carbocycles. The van der Waals surface area contributed by atoms with E-state index in [2.05, 4.69) is 0 Å². The maximum absolute atomic E-state index is 11.9. The van der Waals surface area contributed by atoms with Gasteiger partial charge in [-0.05, 0) is 39.0 Å². The number of ether oxygens (including phenoxy) is 1. The van der Waals surface area contributed by atoms with E-state index in [4.69, 9.17) is 14.3 Å². The van der Waals surface area contributed by atoms with Crippen molar-refractivity contribution in [3.63, 3.8) is 0 Å². The first-order valence-electron chi connectivity index (χ1n) is 6.47. The highest BCUT2D eigenvalue weighted by Gasteiger charge is 2.14. The number of allylic oxidation sites excluding steroid dienone is 1. The van der Waals surface area contributed by atoms with Gasteiger partial charge in [0.2, 0.25) is 0 Å². The normalized spacial score (nSPS) is 10.3. The van der Waals surface area contributed by atoms with Crippen LogP contribution in [0, 0.1) is 0 Å². The van der Waals surface area contributed by atoms with Gasteiger partial charge in [0.25, 0.3) is 0 Å². The molecule has 2 rings (SSSR count). The molecule has 0 unspecified atom stereocenters. The van der Waals surface area contributed by atoms with Crippen LogP contribution < -0.4 is 10.4 Å². The minimum atomic E-state index is -1.36. The van der Waals surface area contributed by atoms with E-state index in [-0.39, 0.29) is 11.3 Å². The first kappa shape index (κ1) is 15.5. The van der Waals surface area contributed by atoms with Gasteiger partial charge in [0.05, 0.1) is 0 Å². The standard InChI is InChI=1S/C16H14O6/c1-8(2)9(3)15(19)21-11-5-4-10-6-12(14(17)18)16(20)22-13(10)7-11/h4-7H,1-3H3,(H,17,18). The molecule has 22 heavy (non-hydrogen) atoms. The summed E-state index contributed by atoms with van der Waals surface area (Å²) in [4.78, 5) is 34.3. The van der Waals surface area contributed by atoms with E-state index in [9.17, 15) is 14.4 Å². The Labute approximate surface area is 125 Å². The van der Waals surface area contributed by atoms with E-state index >= 15 is 0 Å². The molecule has 0 bridgehead atoms. The Morgan fingerprint density at radius 3 is 2.41 bits per heavy atom. The maximum atomic E-state index is 11.9. The monoisotopic (exact) mass is 302 g/mol. The lowest BCUT2D eigenvalue weighted by Gasteiger charge is -2.06. The highest BCUT2D eigenvalue weighted by Crippen LogP contribution is 2.21. The van der Waals surface area contributed by atoms with Gasteiger partial charge in [0.15, 0.2) is 0 Å². The minimum Gasteiger partial charge on any atom is -0.477 e. The number of carbonyl (C=O) groups excluding carboxylic acids is 1. The predicted octanol–water partition coefficient (Wildman–Crippen LogP) is 2.75. The predicted molar refractivity (Wildman–Crippen MR) is 79.1 cm³/mol. The smallest absolute Gasteiger partial charge is 0.351 e. The number of esters is 1. The van der Waals surface area contributed by atoms with Crippen LogP contribution in [-0.2, 0) is 4.79 Å². The van der Waals surface area contributed by atoms with E-state index in [1.807, 2.05) is 0 Å². The van der Waals surface area contributed by atoms with Gasteiger partial charge < -0.3 is 14.3 Å². The summed E-state index contributed by atoms with van der Waals surface area (Å²) in [6.45, 7) is 5.24. The number of hydrogen-bond acceptors (Lipinski definition) is 5. The number of carbonyl (C=O) groups is 2. The average Bonchev–Trinajstić information content (AvgIpc) is 2.45. The molecule has 1 aromatic carbocycles. The topological polar surface area (TPSA) is 93.8 Å². The highest BCUT2D eigenvalue weighted by molar-refractivity contribution is 5.93. The van der Waals surface area contributed by atoms with Crippen LogP contribution >= 0.6 is 0 Å². The van der Waals surface area contributed by atoms with Gasteiger partial charge in [0.1, 0.15) is 16.9 Å². The summed E-state index contributed by atoms with van der Waals surface area (Å²) in [6, 6.07) is 5.62. The first-order valence-corrected chi connectivity index (χ1v) is 6.47. The third-order valence-electron chi connectivity index (χ3n) is 3.20. The van der Waals surface area contributed by atoms with Gasteiger partial charge in [-0.2, -0.15) is 0 Å². The number of fused-ring (bicyclic) bond motifs is 1. The van der Waals surface area contributed by atoms with Crippen molar-refractivity contribution in [2.24, 2.45) is 0 Å². The van der Waals surface area contributed by atoms with Crippen LogP contribution in [0.3, 0.4) is 0 Å². The van der Waals surface area contributed by atoms with Gasteiger partial charge in [-0.1, -0.05) is 5.57 Å². The molecule has 0 aliphatic carbocycles. The Kier molecular flexibility index (Phi) is 4.12. The maximum Gasteiger partial charge on any atom is 0.351 e. The Morgan fingerprint density at radius 1 is 1.14 bits per heavy atom. The SMILES string of the molecule is CC(C)=C(C)C(=O)Oc1ccc2cc(C(=O)O)c(=O)oc2c1. The number of carboxylic acid groups (broad SMARTS) is 1. The van der Waals surface area contributed by atoms with Crippen LogP contribution in [-0.4, -0.2) is 17.0 Å². The van der Waals surface area contributed by atoms with Crippen molar-refractivity contribution in [3.05, 3.63) is 51.4 Å². The molecule has 0 saturated heterocycles. The summed E-state index contributed by atoms with van der Waals surface area (Å²) in [5, 5.41) is 9.30. The van der Waals surface area contributed by atoms with Crippen LogP contribution in [0.4, 0.5) is 0 Å². The lowest BCUT2D eigenvalue weighted by Crippen LogP contribution is -2.13. The Hall–Kier alpha value is -2.89. The van der Waals surface area contributed by atoms with Crippen molar-refractivity contribution < 1.29 is 23.8 Å². The third kappa shape index (κ3) is 3.06. The molecule has 0 aliphatic rings. The van der Waals surface area contributed by atoms with Crippen molar-refractivity contribution >= 4 is 22.9 Å². The number of carboxylic acids is 1. The van der Waals surface area contributed by atoms with Crippen molar-refractivity contribution in [1.29, 1.82) is 0 Å². The second-order valence-corrected chi connectivity index (χ2v) is 4.97. The molecule has 1 heterocycles. The van der Waals surface area contributed by atoms with Gasteiger partial charge in [-0.15, -0.1) is 0 Å². The van der Waals surface area contributed by atoms with Crippen molar-refractivity contribution in [2.45, 2.75) is 20.8 Å². The molecule has 2 aromatic rings. The second-order valence-electron chi connectivity index (χ2n) is 4.97. The number of rotatable bonds is 3. The zero-order valence-corrected chi connectivity index (χ0v) is 12.3. The fourth-order valence-electron chi connectivity index (χ4n) is 1.69. The first-order chi connectivity index (χ1) is 10.3. The number of benzene rings is 1. The molecule has 0 atom stereocenters. The molecule has 0 radical (unpaired) electrons. The molecule has 0 spiro atoms. The fraction of sp³-hybridized carbons (Fsp3) is 0.188. The minimum absolute atomic E-state index is 0.148. The molecule has 1 N–H and O–H groups in total. The molecule has 0 fully saturated rings. The van der Waals surface area contributed by atoms with Crippen LogP contribution in [0.25, 0.3) is 11.0 Å². The highest BCUT2D eigenvalue weighted by atomic mass is 16.5. The average molecular weight is 302 g/mol. The molecule has 0 amide bonds.